The fraction of sp³-hybridized carbons (Fsp3) is 0.364. The minimum atomic E-state index is -1.83. The Kier molecular flexibility index (Phi) is 10.3. The monoisotopic (exact) mass is 372 g/mol. The summed E-state index contributed by atoms with van der Waals surface area (Å²) in [6, 6.07) is 16.1. The maximum Gasteiger partial charge on any atom is 0.503 e. The highest BCUT2D eigenvalue weighted by Crippen LogP contribution is 2.29. The second kappa shape index (κ2) is 12.5. The number of unbranched alkanes of at least 4 members (excludes halogenated alkanes) is 3. The lowest BCUT2D eigenvalue weighted by Gasteiger charge is -2.13. The number of ether oxygens (including phenoxy) is 1. The van der Waals surface area contributed by atoms with Crippen molar-refractivity contribution in [3.05, 3.63) is 59.7 Å². The van der Waals surface area contributed by atoms with Gasteiger partial charge in [0.15, 0.2) is 0 Å². The van der Waals surface area contributed by atoms with Crippen LogP contribution >= 0.6 is 0 Å². The maximum atomic E-state index is 12.2. The molecule has 0 aliphatic carbocycles. The van der Waals surface area contributed by atoms with Gasteiger partial charge in [-0.15, -0.1) is 0 Å². The number of benzene rings is 2. The van der Waals surface area contributed by atoms with E-state index in [-0.39, 0.29) is 5.97 Å². The second-order valence-corrected chi connectivity index (χ2v) is 6.02. The number of esters is 1. The van der Waals surface area contributed by atoms with Gasteiger partial charge in [0.05, 0.1) is 12.2 Å². The van der Waals surface area contributed by atoms with E-state index in [0.717, 1.165) is 17.5 Å². The molecule has 2 N–H and O–H groups in total. The molecule has 0 aliphatic rings. The fourth-order valence-corrected chi connectivity index (χ4v) is 2.85. The first-order valence-electron chi connectivity index (χ1n) is 9.27. The molecule has 5 heteroatoms. The van der Waals surface area contributed by atoms with Gasteiger partial charge < -0.3 is 14.9 Å². The van der Waals surface area contributed by atoms with Gasteiger partial charge in [0.2, 0.25) is 0 Å². The summed E-state index contributed by atoms with van der Waals surface area (Å²) in [7, 11) is 0. The molecular weight excluding hydrogens is 344 g/mol. The van der Waals surface area contributed by atoms with Crippen molar-refractivity contribution >= 4 is 12.1 Å². The van der Waals surface area contributed by atoms with Gasteiger partial charge in [-0.2, -0.15) is 0 Å². The smallest absolute Gasteiger partial charge is 0.462 e. The molecule has 27 heavy (non-hydrogen) atoms. The Morgan fingerprint density at radius 1 is 0.852 bits per heavy atom. The summed E-state index contributed by atoms with van der Waals surface area (Å²) in [6.45, 7) is 4.46. The second-order valence-electron chi connectivity index (χ2n) is 6.02. The van der Waals surface area contributed by atoms with Crippen molar-refractivity contribution in [1.82, 2.24) is 0 Å². The highest BCUT2D eigenvalue weighted by Gasteiger charge is 2.15. The van der Waals surface area contributed by atoms with Crippen LogP contribution in [0.3, 0.4) is 0 Å². The van der Waals surface area contributed by atoms with E-state index in [1.54, 1.807) is 0 Å². The molecule has 2 aromatic carbocycles. The first kappa shape index (κ1) is 22.2. The van der Waals surface area contributed by atoms with Crippen LogP contribution in [-0.2, 0) is 11.2 Å². The van der Waals surface area contributed by atoms with Crippen LogP contribution in [-0.4, -0.2) is 28.9 Å². The van der Waals surface area contributed by atoms with Gasteiger partial charge in [-0.05, 0) is 42.5 Å². The molecule has 0 spiro atoms. The number of aryl methyl sites for hydroxylation is 1. The number of rotatable bonds is 8. The summed E-state index contributed by atoms with van der Waals surface area (Å²) in [5.41, 5.74) is 4.07. The summed E-state index contributed by atoms with van der Waals surface area (Å²) in [5, 5.41) is 13.9. The van der Waals surface area contributed by atoms with Crippen LogP contribution in [0.25, 0.3) is 11.1 Å². The lowest BCUT2D eigenvalue weighted by atomic mass is 9.93. The first-order chi connectivity index (χ1) is 13.0. The van der Waals surface area contributed by atoms with Gasteiger partial charge in [0.25, 0.3) is 0 Å². The van der Waals surface area contributed by atoms with E-state index >= 15 is 0 Å². The van der Waals surface area contributed by atoms with Crippen LogP contribution in [0.5, 0.6) is 0 Å². The van der Waals surface area contributed by atoms with Crippen molar-refractivity contribution in [2.45, 2.75) is 46.0 Å². The van der Waals surface area contributed by atoms with Gasteiger partial charge in [0.1, 0.15) is 0 Å². The van der Waals surface area contributed by atoms with Crippen molar-refractivity contribution in [2.75, 3.05) is 6.61 Å². The van der Waals surface area contributed by atoms with Crippen molar-refractivity contribution in [3.8, 4) is 11.1 Å². The Hall–Kier alpha value is -2.82. The third-order valence-electron chi connectivity index (χ3n) is 4.03. The molecule has 0 saturated heterocycles. The zero-order valence-corrected chi connectivity index (χ0v) is 16.0. The van der Waals surface area contributed by atoms with Crippen LogP contribution in [0.1, 0.15) is 55.5 Å². The summed E-state index contributed by atoms with van der Waals surface area (Å²) >= 11 is 0. The summed E-state index contributed by atoms with van der Waals surface area (Å²) in [5.74, 6) is -0.246. The number of hydrogen-bond donors (Lipinski definition) is 2. The van der Waals surface area contributed by atoms with Crippen LogP contribution in [0.2, 0.25) is 0 Å². The Bertz CT molecular complexity index is 720. The van der Waals surface area contributed by atoms with Crippen molar-refractivity contribution < 1.29 is 24.5 Å². The van der Waals surface area contributed by atoms with Crippen LogP contribution in [0.4, 0.5) is 4.79 Å². The predicted octanol–water partition coefficient (Wildman–Crippen LogP) is 5.88. The molecule has 146 valence electrons. The van der Waals surface area contributed by atoms with Crippen molar-refractivity contribution in [3.63, 3.8) is 0 Å². The van der Waals surface area contributed by atoms with Crippen LogP contribution in [0, 0.1) is 0 Å². The molecule has 2 rings (SSSR count). The largest absolute Gasteiger partial charge is 0.503 e. The minimum absolute atomic E-state index is 0.246. The zero-order valence-electron chi connectivity index (χ0n) is 16.0. The van der Waals surface area contributed by atoms with E-state index in [0.29, 0.717) is 12.2 Å². The quantitative estimate of drug-likeness (QED) is 0.447. The van der Waals surface area contributed by atoms with Gasteiger partial charge in [-0.25, -0.2) is 9.59 Å². The Morgan fingerprint density at radius 2 is 1.44 bits per heavy atom. The lowest BCUT2D eigenvalue weighted by Crippen LogP contribution is -2.07. The van der Waals surface area contributed by atoms with Gasteiger partial charge in [-0.3, -0.25) is 0 Å². The van der Waals surface area contributed by atoms with E-state index < -0.39 is 6.16 Å². The number of carbonyl (C=O) groups excluding carboxylic acids is 1. The molecule has 2 aromatic rings. The Balaban J connectivity index is 0.000000828. The summed E-state index contributed by atoms with van der Waals surface area (Å²) in [6.07, 6.45) is 4.18. The molecule has 0 heterocycles. The molecule has 0 radical (unpaired) electrons. The summed E-state index contributed by atoms with van der Waals surface area (Å²) < 4.78 is 5.20. The van der Waals surface area contributed by atoms with Gasteiger partial charge >= 0.3 is 12.1 Å². The highest BCUT2D eigenvalue weighted by molar-refractivity contribution is 5.97. The molecule has 0 bridgehead atoms. The molecule has 0 unspecified atom stereocenters. The standard InChI is InChI=1S/C21H26O2.CH2O3/c1-3-5-6-7-12-17-13-8-9-14-18(17)19-15-10-11-16-20(19)21(22)23-4-2;2-1(3)4/h8-11,13-16H,3-7,12H2,1-2H3;(H2,2,3,4). The van der Waals surface area contributed by atoms with Crippen molar-refractivity contribution in [2.24, 2.45) is 0 Å². The maximum absolute atomic E-state index is 12.2. The molecule has 0 aliphatic heterocycles. The topological polar surface area (TPSA) is 83.8 Å². The summed E-state index contributed by atoms with van der Waals surface area (Å²) in [4.78, 5) is 20.8. The minimum Gasteiger partial charge on any atom is -0.462 e. The van der Waals surface area contributed by atoms with E-state index in [4.69, 9.17) is 19.7 Å². The third-order valence-corrected chi connectivity index (χ3v) is 4.03. The molecule has 0 saturated carbocycles. The fourth-order valence-electron chi connectivity index (χ4n) is 2.85. The predicted molar refractivity (Wildman–Crippen MR) is 106 cm³/mol. The molecular formula is C22H28O5. The SMILES string of the molecule is CCCCCCc1ccccc1-c1ccccc1C(=O)OCC.O=C(O)O. The zero-order chi connectivity index (χ0) is 20.1. The van der Waals surface area contributed by atoms with Gasteiger partial charge in [-0.1, -0.05) is 68.7 Å². The van der Waals surface area contributed by atoms with Crippen LogP contribution in [0.15, 0.2) is 48.5 Å². The first-order valence-corrected chi connectivity index (χ1v) is 9.27. The van der Waals surface area contributed by atoms with E-state index in [1.807, 2.05) is 37.3 Å². The molecule has 5 nitrogen and oxygen atoms in total. The Morgan fingerprint density at radius 3 is 2.07 bits per heavy atom. The van der Waals surface area contributed by atoms with E-state index in [2.05, 4.69) is 25.1 Å². The van der Waals surface area contributed by atoms with Crippen molar-refractivity contribution in [1.29, 1.82) is 0 Å². The molecule has 0 fully saturated rings. The number of hydrogen-bond acceptors (Lipinski definition) is 3. The van der Waals surface area contributed by atoms with Gasteiger partial charge in [0, 0.05) is 0 Å². The normalized spacial score (nSPS) is 9.85. The average molecular weight is 372 g/mol. The average Bonchev–Trinajstić information content (AvgIpc) is 2.65. The number of carboxylic acid groups (broad SMARTS) is 2. The van der Waals surface area contributed by atoms with E-state index in [1.165, 1.54) is 31.2 Å². The van der Waals surface area contributed by atoms with Crippen LogP contribution < -0.4 is 0 Å². The lowest BCUT2D eigenvalue weighted by molar-refractivity contribution is 0.0527. The Labute approximate surface area is 160 Å². The highest BCUT2D eigenvalue weighted by atomic mass is 16.6. The van der Waals surface area contributed by atoms with E-state index in [9.17, 15) is 4.79 Å². The molecule has 0 aromatic heterocycles. The number of carbonyl (C=O) groups is 2. The molecule has 0 amide bonds. The third kappa shape index (κ3) is 7.94. The molecule has 0 atom stereocenters.